The highest BCUT2D eigenvalue weighted by Gasteiger charge is 2.13. The van der Waals surface area contributed by atoms with E-state index in [9.17, 15) is 0 Å². The Bertz CT molecular complexity index is 396. The number of carboxylic acids is 2. The van der Waals surface area contributed by atoms with E-state index in [2.05, 4.69) is 40.3 Å². The maximum Gasteiger partial charge on any atom is 0.414 e. The molecule has 0 aromatic heterocycles. The van der Waals surface area contributed by atoms with Crippen molar-refractivity contribution >= 4 is 35.5 Å². The number of carboxylic acid groups (broad SMARTS) is 2. The van der Waals surface area contributed by atoms with Gasteiger partial charge in [0.25, 0.3) is 0 Å². The third-order valence-corrected chi connectivity index (χ3v) is 6.29. The molecule has 0 saturated carbocycles. The molecule has 2 N–H and O–H groups in total. The summed E-state index contributed by atoms with van der Waals surface area (Å²) in [5.74, 6) is 5.74. The van der Waals surface area contributed by atoms with Crippen molar-refractivity contribution in [3.63, 3.8) is 0 Å². The molecule has 0 aliphatic carbocycles. The summed E-state index contributed by atoms with van der Waals surface area (Å²) >= 11 is 4.26. The zero-order chi connectivity index (χ0) is 16.2. The molecule has 0 amide bonds. The van der Waals surface area contributed by atoms with Gasteiger partial charge in [0, 0.05) is 6.42 Å². The second kappa shape index (κ2) is 11.7. The highest BCUT2D eigenvalue weighted by atomic mass is 32.2. The molecule has 2 aliphatic rings. The van der Waals surface area contributed by atoms with Crippen molar-refractivity contribution in [1.82, 2.24) is 4.90 Å². The van der Waals surface area contributed by atoms with Crippen LogP contribution in [0.25, 0.3) is 0 Å². The van der Waals surface area contributed by atoms with Gasteiger partial charge in [-0.1, -0.05) is 5.92 Å². The summed E-state index contributed by atoms with van der Waals surface area (Å²) in [4.78, 5) is 20.7. The number of carbonyl (C=O) groups is 2. The molecule has 2 fully saturated rings. The first-order valence-corrected chi connectivity index (χ1v) is 9.57. The van der Waals surface area contributed by atoms with Crippen LogP contribution in [0.5, 0.6) is 0 Å². The van der Waals surface area contributed by atoms with Gasteiger partial charge in [-0.25, -0.2) is 9.59 Å². The Morgan fingerprint density at radius 3 is 2.14 bits per heavy atom. The Labute approximate surface area is 140 Å². The first-order chi connectivity index (χ1) is 10.6. The lowest BCUT2D eigenvalue weighted by molar-refractivity contribution is -0.159. The van der Waals surface area contributed by atoms with E-state index in [0.717, 1.165) is 17.5 Å². The zero-order valence-electron chi connectivity index (χ0n) is 12.6. The van der Waals surface area contributed by atoms with Gasteiger partial charge >= 0.3 is 11.9 Å². The second-order valence-corrected chi connectivity index (χ2v) is 7.93. The Morgan fingerprint density at radius 2 is 1.59 bits per heavy atom. The summed E-state index contributed by atoms with van der Waals surface area (Å²) in [6.45, 7) is 3.54. The lowest BCUT2D eigenvalue weighted by Crippen LogP contribution is -2.18. The van der Waals surface area contributed by atoms with E-state index in [0.29, 0.717) is 0 Å². The molecule has 0 aromatic carbocycles. The lowest BCUT2D eigenvalue weighted by atomic mass is 10.3. The molecule has 0 atom stereocenters. The predicted octanol–water partition coefficient (Wildman–Crippen LogP) is 2.22. The molecule has 0 unspecified atom stereocenters. The van der Waals surface area contributed by atoms with E-state index < -0.39 is 11.9 Å². The summed E-state index contributed by atoms with van der Waals surface area (Å²) < 4.78 is 0.829. The van der Waals surface area contributed by atoms with Crippen LogP contribution in [0.2, 0.25) is 0 Å². The topological polar surface area (TPSA) is 77.8 Å². The molecular weight excluding hydrogens is 322 g/mol. The van der Waals surface area contributed by atoms with Crippen LogP contribution in [0.1, 0.15) is 32.1 Å². The fourth-order valence-corrected chi connectivity index (χ4v) is 4.95. The van der Waals surface area contributed by atoms with Crippen LogP contribution in [0.4, 0.5) is 0 Å². The van der Waals surface area contributed by atoms with E-state index >= 15 is 0 Å². The van der Waals surface area contributed by atoms with Gasteiger partial charge in [-0.2, -0.15) is 0 Å². The average Bonchev–Trinajstić information content (AvgIpc) is 3.02. The zero-order valence-corrected chi connectivity index (χ0v) is 14.3. The van der Waals surface area contributed by atoms with Gasteiger partial charge < -0.3 is 10.2 Å². The third kappa shape index (κ3) is 9.23. The molecule has 2 saturated heterocycles. The Morgan fingerprint density at radius 1 is 1.00 bits per heavy atom. The molecule has 22 heavy (non-hydrogen) atoms. The molecule has 2 heterocycles. The summed E-state index contributed by atoms with van der Waals surface area (Å²) in [6, 6.07) is 0. The van der Waals surface area contributed by atoms with Crippen molar-refractivity contribution in [3.05, 3.63) is 0 Å². The first-order valence-electron chi connectivity index (χ1n) is 7.47. The average molecular weight is 345 g/mol. The van der Waals surface area contributed by atoms with Gasteiger partial charge in [0.05, 0.1) is 11.1 Å². The number of likely N-dealkylation sites (tertiary alicyclic amines) is 1. The standard InChI is InChI=1S/C13H21NS2.C2H2O4/c1(3-8-14-9-4-5-10-14)2-7-13-15-11-6-12-16-13;3-1(4)2(5)6/h13H,2,4-12H2;(H,3,4)(H,5,6). The van der Waals surface area contributed by atoms with Crippen molar-refractivity contribution in [2.24, 2.45) is 0 Å². The molecule has 7 heteroatoms. The number of rotatable bonds is 3. The maximum atomic E-state index is 9.10. The van der Waals surface area contributed by atoms with Crippen molar-refractivity contribution in [1.29, 1.82) is 0 Å². The van der Waals surface area contributed by atoms with E-state index in [1.54, 1.807) is 0 Å². The lowest BCUT2D eigenvalue weighted by Gasteiger charge is -2.19. The highest BCUT2D eigenvalue weighted by molar-refractivity contribution is 8.17. The summed E-state index contributed by atoms with van der Waals surface area (Å²) in [5.41, 5.74) is 0. The second-order valence-electron chi connectivity index (χ2n) is 5.01. The van der Waals surface area contributed by atoms with Crippen LogP contribution in [-0.4, -0.2) is 62.8 Å². The molecule has 0 aromatic rings. The summed E-state index contributed by atoms with van der Waals surface area (Å²) in [6.07, 6.45) is 6.52. The van der Waals surface area contributed by atoms with E-state index in [-0.39, 0.29) is 0 Å². The molecule has 2 aliphatic heterocycles. The van der Waals surface area contributed by atoms with Crippen LogP contribution in [-0.2, 0) is 9.59 Å². The largest absolute Gasteiger partial charge is 0.473 e. The maximum absolute atomic E-state index is 9.10. The fourth-order valence-electron chi connectivity index (χ4n) is 2.09. The summed E-state index contributed by atoms with van der Waals surface area (Å²) in [5, 5.41) is 14.8. The molecule has 0 bridgehead atoms. The SMILES string of the molecule is C(#CCN1CCCC1)CCC1SCCCS1.O=C(O)C(=O)O. The molecule has 5 nitrogen and oxygen atoms in total. The minimum atomic E-state index is -1.82. The number of hydrogen-bond donors (Lipinski definition) is 2. The Kier molecular flexibility index (Phi) is 10.2. The van der Waals surface area contributed by atoms with Crippen molar-refractivity contribution in [2.45, 2.75) is 36.7 Å². The van der Waals surface area contributed by atoms with E-state index in [1.165, 1.54) is 50.3 Å². The molecule has 0 spiro atoms. The number of hydrogen-bond acceptors (Lipinski definition) is 5. The number of aliphatic carboxylic acids is 2. The minimum absolute atomic E-state index is 0.829. The predicted molar refractivity (Wildman–Crippen MR) is 91.3 cm³/mol. The Hall–Kier alpha value is -0.840. The first kappa shape index (κ1) is 19.2. The van der Waals surface area contributed by atoms with Crippen molar-refractivity contribution < 1.29 is 19.8 Å². The van der Waals surface area contributed by atoms with Crippen LogP contribution in [0, 0.1) is 11.8 Å². The smallest absolute Gasteiger partial charge is 0.414 e. The van der Waals surface area contributed by atoms with Crippen LogP contribution in [0.15, 0.2) is 0 Å². The Balaban J connectivity index is 0.000000346. The van der Waals surface area contributed by atoms with Crippen molar-refractivity contribution in [2.75, 3.05) is 31.1 Å². The van der Waals surface area contributed by atoms with Gasteiger partial charge in [0.1, 0.15) is 0 Å². The molecule has 0 radical (unpaired) electrons. The van der Waals surface area contributed by atoms with Crippen LogP contribution in [0.3, 0.4) is 0 Å². The normalized spacial score (nSPS) is 18.7. The van der Waals surface area contributed by atoms with Crippen LogP contribution < -0.4 is 0 Å². The number of nitrogens with zero attached hydrogens (tertiary/aromatic N) is 1. The van der Waals surface area contributed by atoms with E-state index in [4.69, 9.17) is 19.8 Å². The highest BCUT2D eigenvalue weighted by Crippen LogP contribution is 2.33. The van der Waals surface area contributed by atoms with Gasteiger partial charge in [0.2, 0.25) is 0 Å². The van der Waals surface area contributed by atoms with E-state index in [1.807, 2.05) is 0 Å². The van der Waals surface area contributed by atoms with Gasteiger partial charge in [-0.3, -0.25) is 4.90 Å². The van der Waals surface area contributed by atoms with Crippen molar-refractivity contribution in [3.8, 4) is 11.8 Å². The van der Waals surface area contributed by atoms with Gasteiger partial charge in [-0.15, -0.1) is 29.4 Å². The molecular formula is C15H23NO4S2. The van der Waals surface area contributed by atoms with Gasteiger partial charge in [-0.05, 0) is 50.3 Å². The quantitative estimate of drug-likeness (QED) is 0.600. The monoisotopic (exact) mass is 345 g/mol. The molecule has 2 rings (SSSR count). The summed E-state index contributed by atoms with van der Waals surface area (Å²) in [7, 11) is 0. The minimum Gasteiger partial charge on any atom is -0.473 e. The molecule has 124 valence electrons. The third-order valence-electron chi connectivity index (χ3n) is 3.21. The van der Waals surface area contributed by atoms with Gasteiger partial charge in [0.15, 0.2) is 0 Å². The fraction of sp³-hybridized carbons (Fsp3) is 0.733. The number of thioether (sulfide) groups is 2. The van der Waals surface area contributed by atoms with Crippen LogP contribution >= 0.6 is 23.5 Å².